The number of benzene rings is 2. The third kappa shape index (κ3) is 4.46. The molecular weight excluding hydrogens is 344 g/mol. The SMILES string of the molecule is Cc1ccc(S(=O)(=O)N[C@H]2CCCC[C@@H]2Nc2cc(C)ccc2C)cc1. The number of nitrogens with one attached hydrogen (secondary N) is 2. The molecular formula is C21H28N2O2S. The van der Waals surface area contributed by atoms with Crippen LogP contribution in [0.25, 0.3) is 0 Å². The largest absolute Gasteiger partial charge is 0.380 e. The molecule has 3 rings (SSSR count). The first-order valence-corrected chi connectivity index (χ1v) is 10.8. The summed E-state index contributed by atoms with van der Waals surface area (Å²) in [4.78, 5) is 0.333. The Morgan fingerprint density at radius 2 is 1.46 bits per heavy atom. The maximum Gasteiger partial charge on any atom is 0.240 e. The van der Waals surface area contributed by atoms with Gasteiger partial charge in [0.05, 0.1) is 4.90 Å². The van der Waals surface area contributed by atoms with Crippen molar-refractivity contribution >= 4 is 15.7 Å². The molecule has 1 aliphatic carbocycles. The van der Waals surface area contributed by atoms with E-state index >= 15 is 0 Å². The number of sulfonamides is 1. The quantitative estimate of drug-likeness (QED) is 0.822. The number of hydrogen-bond acceptors (Lipinski definition) is 3. The van der Waals surface area contributed by atoms with E-state index in [4.69, 9.17) is 0 Å². The molecule has 0 aliphatic heterocycles. The van der Waals surface area contributed by atoms with Gasteiger partial charge in [0, 0.05) is 17.8 Å². The van der Waals surface area contributed by atoms with E-state index in [1.807, 2.05) is 19.1 Å². The molecule has 0 radical (unpaired) electrons. The monoisotopic (exact) mass is 372 g/mol. The molecule has 2 aromatic rings. The predicted molar refractivity (Wildman–Crippen MR) is 107 cm³/mol. The van der Waals surface area contributed by atoms with Crippen LogP contribution in [-0.2, 0) is 10.0 Å². The lowest BCUT2D eigenvalue weighted by atomic mass is 9.90. The van der Waals surface area contributed by atoms with Crippen LogP contribution in [0.2, 0.25) is 0 Å². The Morgan fingerprint density at radius 1 is 0.846 bits per heavy atom. The molecule has 0 heterocycles. The predicted octanol–water partition coefficient (Wildman–Crippen LogP) is 4.31. The Hall–Kier alpha value is -1.85. The zero-order valence-electron chi connectivity index (χ0n) is 15.7. The van der Waals surface area contributed by atoms with Crippen LogP contribution in [0.3, 0.4) is 0 Å². The lowest BCUT2D eigenvalue weighted by Crippen LogP contribution is -2.48. The van der Waals surface area contributed by atoms with Gasteiger partial charge in [-0.3, -0.25) is 0 Å². The molecule has 2 atom stereocenters. The molecule has 5 heteroatoms. The Balaban J connectivity index is 1.78. The van der Waals surface area contributed by atoms with Crippen LogP contribution in [0.5, 0.6) is 0 Å². The molecule has 0 spiro atoms. The zero-order valence-corrected chi connectivity index (χ0v) is 16.6. The summed E-state index contributed by atoms with van der Waals surface area (Å²) in [6.45, 7) is 6.11. The first-order valence-electron chi connectivity index (χ1n) is 9.28. The van der Waals surface area contributed by atoms with Gasteiger partial charge in [-0.2, -0.15) is 0 Å². The molecule has 2 aromatic carbocycles. The maximum atomic E-state index is 12.8. The van der Waals surface area contributed by atoms with Gasteiger partial charge < -0.3 is 5.32 Å². The van der Waals surface area contributed by atoms with E-state index < -0.39 is 10.0 Å². The molecule has 2 N–H and O–H groups in total. The van der Waals surface area contributed by atoms with E-state index in [2.05, 4.69) is 42.1 Å². The average Bonchev–Trinajstić information content (AvgIpc) is 2.60. The summed E-state index contributed by atoms with van der Waals surface area (Å²) in [5.41, 5.74) is 4.53. The molecule has 0 aromatic heterocycles. The summed E-state index contributed by atoms with van der Waals surface area (Å²) >= 11 is 0. The van der Waals surface area contributed by atoms with E-state index in [0.29, 0.717) is 4.90 Å². The average molecular weight is 373 g/mol. The van der Waals surface area contributed by atoms with Crippen molar-refractivity contribution in [2.24, 2.45) is 0 Å². The van der Waals surface area contributed by atoms with Crippen LogP contribution in [0, 0.1) is 20.8 Å². The molecule has 26 heavy (non-hydrogen) atoms. The smallest absolute Gasteiger partial charge is 0.240 e. The molecule has 1 saturated carbocycles. The van der Waals surface area contributed by atoms with Crippen LogP contribution in [0.4, 0.5) is 5.69 Å². The van der Waals surface area contributed by atoms with Crippen molar-refractivity contribution in [2.75, 3.05) is 5.32 Å². The molecule has 1 fully saturated rings. The summed E-state index contributed by atoms with van der Waals surface area (Å²) in [5.74, 6) is 0. The van der Waals surface area contributed by atoms with Crippen molar-refractivity contribution in [1.29, 1.82) is 0 Å². The van der Waals surface area contributed by atoms with E-state index in [1.54, 1.807) is 12.1 Å². The highest BCUT2D eigenvalue weighted by Crippen LogP contribution is 2.26. The third-order valence-corrected chi connectivity index (χ3v) is 6.64. The van der Waals surface area contributed by atoms with E-state index in [9.17, 15) is 8.42 Å². The number of hydrogen-bond donors (Lipinski definition) is 2. The van der Waals surface area contributed by atoms with Gasteiger partial charge in [0.15, 0.2) is 0 Å². The zero-order chi connectivity index (χ0) is 18.7. The molecule has 0 bridgehead atoms. The highest BCUT2D eigenvalue weighted by atomic mass is 32.2. The van der Waals surface area contributed by atoms with Crippen LogP contribution in [0.15, 0.2) is 47.4 Å². The van der Waals surface area contributed by atoms with Gasteiger partial charge in [0.25, 0.3) is 0 Å². The fraction of sp³-hybridized carbons (Fsp3) is 0.429. The number of anilines is 1. The van der Waals surface area contributed by atoms with Gasteiger partial charge in [0.2, 0.25) is 10.0 Å². The maximum absolute atomic E-state index is 12.8. The highest BCUT2D eigenvalue weighted by Gasteiger charge is 2.29. The minimum Gasteiger partial charge on any atom is -0.380 e. The molecule has 0 saturated heterocycles. The molecule has 140 valence electrons. The van der Waals surface area contributed by atoms with Crippen molar-refractivity contribution < 1.29 is 8.42 Å². The topological polar surface area (TPSA) is 58.2 Å². The molecule has 1 aliphatic rings. The number of aryl methyl sites for hydroxylation is 3. The Morgan fingerprint density at radius 3 is 2.15 bits per heavy atom. The van der Waals surface area contributed by atoms with Crippen LogP contribution in [-0.4, -0.2) is 20.5 Å². The minimum atomic E-state index is -3.51. The Kier molecular flexibility index (Phi) is 5.68. The van der Waals surface area contributed by atoms with Gasteiger partial charge in [-0.15, -0.1) is 0 Å². The van der Waals surface area contributed by atoms with Crippen molar-refractivity contribution in [3.05, 3.63) is 59.2 Å². The summed E-state index contributed by atoms with van der Waals surface area (Å²) in [6.07, 6.45) is 3.99. The van der Waals surface area contributed by atoms with Crippen LogP contribution < -0.4 is 10.0 Å². The van der Waals surface area contributed by atoms with E-state index in [1.165, 1.54) is 11.1 Å². The second kappa shape index (κ2) is 7.80. The van der Waals surface area contributed by atoms with Crippen LogP contribution >= 0.6 is 0 Å². The van der Waals surface area contributed by atoms with Crippen LogP contribution in [0.1, 0.15) is 42.4 Å². The van der Waals surface area contributed by atoms with Crippen molar-refractivity contribution in [1.82, 2.24) is 4.72 Å². The van der Waals surface area contributed by atoms with Gasteiger partial charge in [-0.05, 0) is 62.9 Å². The van der Waals surface area contributed by atoms with Crippen molar-refractivity contribution in [3.63, 3.8) is 0 Å². The molecule has 4 nitrogen and oxygen atoms in total. The second-order valence-electron chi connectivity index (χ2n) is 7.39. The Bertz CT molecular complexity index is 860. The lowest BCUT2D eigenvalue weighted by molar-refractivity contribution is 0.378. The Labute approximate surface area is 157 Å². The van der Waals surface area contributed by atoms with Gasteiger partial charge in [-0.25, -0.2) is 13.1 Å². The van der Waals surface area contributed by atoms with Gasteiger partial charge >= 0.3 is 0 Å². The van der Waals surface area contributed by atoms with E-state index in [-0.39, 0.29) is 12.1 Å². The molecule has 0 unspecified atom stereocenters. The molecule has 0 amide bonds. The first-order chi connectivity index (χ1) is 12.3. The summed E-state index contributed by atoms with van der Waals surface area (Å²) in [7, 11) is -3.51. The fourth-order valence-electron chi connectivity index (χ4n) is 3.52. The van der Waals surface area contributed by atoms with Gasteiger partial charge in [0.1, 0.15) is 0 Å². The first kappa shape index (κ1) is 18.9. The minimum absolute atomic E-state index is 0.101. The van der Waals surface area contributed by atoms with Gasteiger partial charge in [-0.1, -0.05) is 42.7 Å². The second-order valence-corrected chi connectivity index (χ2v) is 9.11. The summed E-state index contributed by atoms with van der Waals surface area (Å²) in [5, 5.41) is 3.60. The third-order valence-electron chi connectivity index (χ3n) is 5.14. The standard InChI is InChI=1S/C21H28N2O2S/c1-15-9-12-18(13-10-15)26(24,25)23-20-7-5-4-6-19(20)22-21-14-16(2)8-11-17(21)3/h8-14,19-20,22-23H,4-7H2,1-3H3/t19-,20-/m0/s1. The fourth-order valence-corrected chi connectivity index (χ4v) is 4.83. The normalized spacial score (nSPS) is 20.7. The lowest BCUT2D eigenvalue weighted by Gasteiger charge is -2.33. The van der Waals surface area contributed by atoms with Crippen molar-refractivity contribution in [2.45, 2.75) is 63.4 Å². The highest BCUT2D eigenvalue weighted by molar-refractivity contribution is 7.89. The van der Waals surface area contributed by atoms with Crippen molar-refractivity contribution in [3.8, 4) is 0 Å². The van der Waals surface area contributed by atoms with E-state index in [0.717, 1.165) is 36.9 Å². The number of rotatable bonds is 5. The summed E-state index contributed by atoms with van der Waals surface area (Å²) < 4.78 is 28.5. The summed E-state index contributed by atoms with van der Waals surface area (Å²) in [6, 6.07) is 13.4.